The van der Waals surface area contributed by atoms with Gasteiger partial charge in [-0.05, 0) is 37.1 Å². The van der Waals surface area contributed by atoms with Gasteiger partial charge in [-0.2, -0.15) is 0 Å². The number of aromatic nitrogens is 1. The van der Waals surface area contributed by atoms with Crippen molar-refractivity contribution >= 4 is 29.3 Å². The minimum Gasteiger partial charge on any atom is -0.344 e. The number of aryl methyl sites for hydroxylation is 1. The number of rotatable bonds is 7. The molecule has 0 unspecified atom stereocenters. The summed E-state index contributed by atoms with van der Waals surface area (Å²) in [5.41, 5.74) is 4.09. The lowest BCUT2D eigenvalue weighted by molar-refractivity contribution is -0.127. The zero-order chi connectivity index (χ0) is 22.8. The number of urea groups is 1. The van der Waals surface area contributed by atoms with E-state index in [1.165, 1.54) is 0 Å². The standard InChI is InChI=1S/C25H24ClN3O3/c1-16-12-20(17(2)28(16)14-19-10-6-7-11-21(19)26)23(30)15-29-24(31)22(27-25(29)32)13-18-8-4-3-5-9-18/h3-12,22H,13-15H2,1-2H3,(H,27,32)/t22-/m1/s1. The Kier molecular flexibility index (Phi) is 6.15. The first-order valence-corrected chi connectivity index (χ1v) is 10.8. The largest absolute Gasteiger partial charge is 0.344 e. The number of benzene rings is 2. The summed E-state index contributed by atoms with van der Waals surface area (Å²) in [7, 11) is 0. The van der Waals surface area contributed by atoms with Gasteiger partial charge in [-0.25, -0.2) is 4.79 Å². The molecule has 1 atom stereocenters. The van der Waals surface area contributed by atoms with Crippen molar-refractivity contribution in [3.63, 3.8) is 0 Å². The Hall–Kier alpha value is -3.38. The van der Waals surface area contributed by atoms with Crippen LogP contribution in [0.4, 0.5) is 4.79 Å². The third-order valence-corrected chi connectivity index (χ3v) is 6.22. The van der Waals surface area contributed by atoms with E-state index in [0.717, 1.165) is 27.4 Å². The minimum absolute atomic E-state index is 0.271. The summed E-state index contributed by atoms with van der Waals surface area (Å²) in [6.45, 7) is 4.03. The molecule has 0 spiro atoms. The smallest absolute Gasteiger partial charge is 0.325 e. The fourth-order valence-electron chi connectivity index (χ4n) is 4.07. The highest BCUT2D eigenvalue weighted by molar-refractivity contribution is 6.31. The number of ketones is 1. The van der Waals surface area contributed by atoms with Gasteiger partial charge in [0.05, 0.1) is 6.54 Å². The lowest BCUT2D eigenvalue weighted by Crippen LogP contribution is -2.36. The Morgan fingerprint density at radius 2 is 1.72 bits per heavy atom. The maximum absolute atomic E-state index is 13.0. The predicted molar refractivity (Wildman–Crippen MR) is 123 cm³/mol. The Morgan fingerprint density at radius 1 is 1.03 bits per heavy atom. The van der Waals surface area contributed by atoms with Crippen LogP contribution in [0.2, 0.25) is 5.02 Å². The average Bonchev–Trinajstić information content (AvgIpc) is 3.20. The number of amides is 3. The third-order valence-electron chi connectivity index (χ3n) is 5.85. The van der Waals surface area contributed by atoms with Crippen LogP contribution in [0.5, 0.6) is 0 Å². The molecule has 1 saturated heterocycles. The SMILES string of the molecule is Cc1cc(C(=O)CN2C(=O)N[C@H](Cc3ccccc3)C2=O)c(C)n1Cc1ccccc1Cl. The average molecular weight is 450 g/mol. The molecule has 0 aliphatic carbocycles. The summed E-state index contributed by atoms with van der Waals surface area (Å²) in [6, 6.07) is 17.7. The lowest BCUT2D eigenvalue weighted by Gasteiger charge is -2.13. The molecule has 32 heavy (non-hydrogen) atoms. The molecule has 164 valence electrons. The zero-order valence-corrected chi connectivity index (χ0v) is 18.7. The maximum Gasteiger partial charge on any atom is 0.325 e. The number of carbonyl (C=O) groups excluding carboxylic acids is 3. The van der Waals surface area contributed by atoms with Crippen molar-refractivity contribution in [1.29, 1.82) is 0 Å². The first-order valence-electron chi connectivity index (χ1n) is 10.4. The summed E-state index contributed by atoms with van der Waals surface area (Å²) < 4.78 is 2.01. The quantitative estimate of drug-likeness (QED) is 0.435. The highest BCUT2D eigenvalue weighted by Crippen LogP contribution is 2.22. The molecule has 3 aromatic rings. The molecule has 1 aliphatic rings. The zero-order valence-electron chi connectivity index (χ0n) is 18.0. The number of nitrogens with one attached hydrogen (secondary N) is 1. The number of nitrogens with zero attached hydrogens (tertiary/aromatic N) is 2. The van der Waals surface area contributed by atoms with Crippen LogP contribution in [0.25, 0.3) is 0 Å². The lowest BCUT2D eigenvalue weighted by atomic mass is 10.1. The van der Waals surface area contributed by atoms with Crippen molar-refractivity contribution in [2.24, 2.45) is 0 Å². The van der Waals surface area contributed by atoms with Gasteiger partial charge in [-0.15, -0.1) is 0 Å². The highest BCUT2D eigenvalue weighted by Gasteiger charge is 2.39. The summed E-state index contributed by atoms with van der Waals surface area (Å²) in [5.74, 6) is -0.649. The van der Waals surface area contributed by atoms with E-state index >= 15 is 0 Å². The van der Waals surface area contributed by atoms with Crippen molar-refractivity contribution < 1.29 is 14.4 Å². The predicted octanol–water partition coefficient (Wildman–Crippen LogP) is 4.15. The van der Waals surface area contributed by atoms with E-state index in [2.05, 4.69) is 5.32 Å². The second kappa shape index (κ2) is 9.01. The van der Waals surface area contributed by atoms with Gasteiger partial charge in [0.25, 0.3) is 5.91 Å². The van der Waals surface area contributed by atoms with Gasteiger partial charge in [-0.1, -0.05) is 60.1 Å². The first kappa shape index (κ1) is 21.8. The van der Waals surface area contributed by atoms with Crippen molar-refractivity contribution in [2.75, 3.05) is 6.54 Å². The molecule has 1 N–H and O–H groups in total. The fourth-order valence-corrected chi connectivity index (χ4v) is 4.26. The van der Waals surface area contributed by atoms with Gasteiger partial charge in [0.15, 0.2) is 5.78 Å². The van der Waals surface area contributed by atoms with Crippen LogP contribution in [-0.4, -0.2) is 39.8 Å². The molecule has 3 amide bonds. The van der Waals surface area contributed by atoms with Crippen LogP contribution >= 0.6 is 11.6 Å². The number of Topliss-reactive ketones (excluding diaryl/α,β-unsaturated/α-hetero) is 1. The van der Waals surface area contributed by atoms with Gasteiger partial charge < -0.3 is 9.88 Å². The Balaban J connectivity index is 1.49. The van der Waals surface area contributed by atoms with Gasteiger partial charge in [0.2, 0.25) is 0 Å². The molecular formula is C25H24ClN3O3. The van der Waals surface area contributed by atoms with Gasteiger partial charge in [0, 0.05) is 34.9 Å². The van der Waals surface area contributed by atoms with Gasteiger partial charge in [-0.3, -0.25) is 14.5 Å². The van der Waals surface area contributed by atoms with Gasteiger partial charge in [0.1, 0.15) is 6.04 Å². The molecule has 0 bridgehead atoms. The highest BCUT2D eigenvalue weighted by atomic mass is 35.5. The molecule has 2 heterocycles. The Bertz CT molecular complexity index is 1190. The van der Waals surface area contributed by atoms with Crippen LogP contribution in [-0.2, 0) is 17.8 Å². The van der Waals surface area contributed by atoms with Crippen LogP contribution in [0.3, 0.4) is 0 Å². The second-order valence-electron chi connectivity index (χ2n) is 8.00. The molecule has 7 heteroatoms. The molecule has 0 saturated carbocycles. The van der Waals surface area contributed by atoms with Crippen LogP contribution < -0.4 is 5.32 Å². The Morgan fingerprint density at radius 3 is 2.44 bits per heavy atom. The number of halogens is 1. The number of hydrogen-bond acceptors (Lipinski definition) is 3. The molecule has 1 fully saturated rings. The van der Waals surface area contributed by atoms with Gasteiger partial charge >= 0.3 is 6.03 Å². The Labute approximate surface area is 191 Å². The van der Waals surface area contributed by atoms with Crippen molar-refractivity contribution in [3.8, 4) is 0 Å². The topological polar surface area (TPSA) is 71.4 Å². The van der Waals surface area contributed by atoms with Crippen molar-refractivity contribution in [1.82, 2.24) is 14.8 Å². The third kappa shape index (κ3) is 4.32. The monoisotopic (exact) mass is 449 g/mol. The molecule has 6 nitrogen and oxygen atoms in total. The number of hydrogen-bond donors (Lipinski definition) is 1. The van der Waals surface area contributed by atoms with E-state index in [1.54, 1.807) is 6.07 Å². The van der Waals surface area contributed by atoms with Crippen LogP contribution in [0.15, 0.2) is 60.7 Å². The minimum atomic E-state index is -0.662. The number of carbonyl (C=O) groups is 3. The summed E-state index contributed by atoms with van der Waals surface area (Å²) in [5, 5.41) is 3.36. The van der Waals surface area contributed by atoms with E-state index in [4.69, 9.17) is 11.6 Å². The van der Waals surface area contributed by atoms with E-state index in [1.807, 2.05) is 73.0 Å². The maximum atomic E-state index is 13.0. The molecule has 1 aromatic heterocycles. The summed E-state index contributed by atoms with van der Waals surface area (Å²) in [6.07, 6.45) is 0.391. The van der Waals surface area contributed by atoms with Crippen molar-refractivity contribution in [3.05, 3.63) is 93.8 Å². The van der Waals surface area contributed by atoms with Crippen molar-refractivity contribution in [2.45, 2.75) is 32.9 Å². The molecule has 0 radical (unpaired) electrons. The first-order chi connectivity index (χ1) is 15.3. The van der Waals surface area contributed by atoms with Crippen LogP contribution in [0, 0.1) is 13.8 Å². The summed E-state index contributed by atoms with van der Waals surface area (Å²) in [4.78, 5) is 39.3. The molecular weight excluding hydrogens is 426 g/mol. The summed E-state index contributed by atoms with van der Waals surface area (Å²) >= 11 is 6.30. The van der Waals surface area contributed by atoms with E-state index in [-0.39, 0.29) is 18.2 Å². The second-order valence-corrected chi connectivity index (χ2v) is 8.41. The van der Waals surface area contributed by atoms with E-state index in [9.17, 15) is 14.4 Å². The normalized spacial score (nSPS) is 15.8. The van der Waals surface area contributed by atoms with E-state index < -0.39 is 12.1 Å². The molecule has 4 rings (SSSR count). The van der Waals surface area contributed by atoms with E-state index in [0.29, 0.717) is 23.6 Å². The van der Waals surface area contributed by atoms with Crippen LogP contribution in [0.1, 0.15) is 32.9 Å². The molecule has 1 aliphatic heterocycles. The molecule has 2 aromatic carbocycles. The number of imide groups is 1. The fraction of sp³-hybridized carbons (Fsp3) is 0.240.